The van der Waals surface area contributed by atoms with E-state index in [0.29, 0.717) is 32.5 Å². The molecule has 5 nitrogen and oxygen atoms in total. The summed E-state index contributed by atoms with van der Waals surface area (Å²) < 4.78 is 27.3. The molecular weight excluding hydrogens is 408 g/mol. The van der Waals surface area contributed by atoms with Crippen molar-refractivity contribution in [1.29, 1.82) is 0 Å². The first-order valence-electron chi connectivity index (χ1n) is 9.99. The Morgan fingerprint density at radius 2 is 1.72 bits per heavy atom. The summed E-state index contributed by atoms with van der Waals surface area (Å²) in [5, 5.41) is 3.30. The maximum atomic E-state index is 12.9. The summed E-state index contributed by atoms with van der Waals surface area (Å²) in [6, 6.07) is 16.6. The Kier molecular flexibility index (Phi) is 5.69. The van der Waals surface area contributed by atoms with Gasteiger partial charge in [-0.2, -0.15) is 4.31 Å². The number of carbonyl (C=O) groups is 1. The highest BCUT2D eigenvalue weighted by atomic mass is 35.5. The minimum atomic E-state index is -3.60. The number of carbonyl (C=O) groups excluding carboxylic acids is 1. The molecule has 1 saturated carbocycles. The van der Waals surface area contributed by atoms with Gasteiger partial charge in [0.2, 0.25) is 15.9 Å². The molecule has 1 atom stereocenters. The van der Waals surface area contributed by atoms with E-state index in [1.165, 1.54) is 9.87 Å². The lowest BCUT2D eigenvalue weighted by molar-refractivity contribution is -0.123. The molecule has 1 spiro atoms. The summed E-state index contributed by atoms with van der Waals surface area (Å²) in [7, 11) is -3.60. The zero-order valence-corrected chi connectivity index (χ0v) is 17.8. The molecule has 0 bridgehead atoms. The fraction of sp³-hybridized carbons (Fsp3) is 0.409. The Balaban J connectivity index is 1.30. The molecule has 0 radical (unpaired) electrons. The number of benzene rings is 2. The standard InChI is InChI=1S/C22H25ClN2O3S/c23-19-8-4-5-9-20(19)29(27,28)25-14-11-22(12-15-25)16-18(22)21(26)24-13-10-17-6-2-1-3-7-17/h1-9,18H,10-16H2,(H,24,26). The van der Waals surface area contributed by atoms with Gasteiger partial charge in [-0.1, -0.05) is 54.1 Å². The second kappa shape index (κ2) is 8.09. The summed E-state index contributed by atoms with van der Waals surface area (Å²) in [4.78, 5) is 12.7. The van der Waals surface area contributed by atoms with Gasteiger partial charge in [-0.3, -0.25) is 4.79 Å². The van der Waals surface area contributed by atoms with Gasteiger partial charge in [0.25, 0.3) is 0 Å². The van der Waals surface area contributed by atoms with E-state index >= 15 is 0 Å². The van der Waals surface area contributed by atoms with Gasteiger partial charge in [0.05, 0.1) is 5.02 Å². The normalized spacial score (nSPS) is 21.1. The van der Waals surface area contributed by atoms with Crippen LogP contribution >= 0.6 is 11.6 Å². The maximum absolute atomic E-state index is 12.9. The fourth-order valence-corrected chi connectivity index (χ4v) is 6.27. The third-order valence-corrected chi connectivity index (χ3v) is 8.63. The number of halogens is 1. The van der Waals surface area contributed by atoms with Gasteiger partial charge in [-0.15, -0.1) is 0 Å². The molecule has 1 aliphatic heterocycles. The summed E-state index contributed by atoms with van der Waals surface area (Å²) in [5.41, 5.74) is 1.17. The van der Waals surface area contributed by atoms with Gasteiger partial charge < -0.3 is 5.32 Å². The SMILES string of the molecule is O=C(NCCc1ccccc1)C1CC12CCN(S(=O)(=O)c1ccccc1Cl)CC2. The predicted octanol–water partition coefficient (Wildman–Crippen LogP) is 3.49. The van der Waals surface area contributed by atoms with E-state index in [2.05, 4.69) is 17.4 Å². The van der Waals surface area contributed by atoms with E-state index < -0.39 is 10.0 Å². The molecule has 29 heavy (non-hydrogen) atoms. The average molecular weight is 433 g/mol. The Morgan fingerprint density at radius 1 is 1.07 bits per heavy atom. The molecule has 0 aromatic heterocycles. The largest absolute Gasteiger partial charge is 0.356 e. The van der Waals surface area contributed by atoms with E-state index in [9.17, 15) is 13.2 Å². The fourth-order valence-electron chi connectivity index (χ4n) is 4.33. The van der Waals surface area contributed by atoms with E-state index in [1.54, 1.807) is 24.3 Å². The first-order chi connectivity index (χ1) is 13.9. The quantitative estimate of drug-likeness (QED) is 0.759. The van der Waals surface area contributed by atoms with E-state index in [-0.39, 0.29) is 27.2 Å². The molecule has 1 unspecified atom stereocenters. The molecule has 2 aromatic rings. The molecule has 2 aromatic carbocycles. The Labute approximate surface area is 177 Å². The topological polar surface area (TPSA) is 66.5 Å². The van der Waals surface area contributed by atoms with Crippen LogP contribution in [0.1, 0.15) is 24.8 Å². The predicted molar refractivity (Wildman–Crippen MR) is 113 cm³/mol. The number of nitrogens with zero attached hydrogens (tertiary/aromatic N) is 1. The molecule has 154 valence electrons. The second-order valence-corrected chi connectivity index (χ2v) is 10.3. The first-order valence-corrected chi connectivity index (χ1v) is 11.8. The van der Waals surface area contributed by atoms with Crippen LogP contribution in [0.5, 0.6) is 0 Å². The van der Waals surface area contributed by atoms with Crippen LogP contribution in [-0.4, -0.2) is 38.3 Å². The van der Waals surface area contributed by atoms with E-state index in [1.807, 2.05) is 18.2 Å². The summed E-state index contributed by atoms with van der Waals surface area (Å²) in [6.07, 6.45) is 3.10. The summed E-state index contributed by atoms with van der Waals surface area (Å²) >= 11 is 6.10. The highest BCUT2D eigenvalue weighted by Crippen LogP contribution is 2.59. The Hall–Kier alpha value is -1.89. The van der Waals surface area contributed by atoms with Crippen molar-refractivity contribution >= 4 is 27.5 Å². The van der Waals surface area contributed by atoms with Crippen LogP contribution in [0, 0.1) is 11.3 Å². The van der Waals surface area contributed by atoms with Crippen molar-refractivity contribution < 1.29 is 13.2 Å². The second-order valence-electron chi connectivity index (χ2n) is 7.98. The van der Waals surface area contributed by atoms with Crippen molar-refractivity contribution in [1.82, 2.24) is 9.62 Å². The van der Waals surface area contributed by atoms with Crippen molar-refractivity contribution in [3.8, 4) is 0 Å². The van der Waals surface area contributed by atoms with Crippen LogP contribution in [0.3, 0.4) is 0 Å². The van der Waals surface area contributed by atoms with Crippen LogP contribution in [0.4, 0.5) is 0 Å². The van der Waals surface area contributed by atoms with Gasteiger partial charge in [0.1, 0.15) is 4.90 Å². The van der Waals surface area contributed by atoms with Crippen LogP contribution in [0.15, 0.2) is 59.5 Å². The zero-order valence-electron chi connectivity index (χ0n) is 16.2. The molecule has 2 aliphatic rings. The number of hydrogen-bond donors (Lipinski definition) is 1. The zero-order chi connectivity index (χ0) is 20.5. The lowest BCUT2D eigenvalue weighted by atomic mass is 9.91. The third kappa shape index (κ3) is 4.20. The number of hydrogen-bond acceptors (Lipinski definition) is 3. The van der Waals surface area contributed by atoms with Crippen LogP contribution in [-0.2, 0) is 21.2 Å². The van der Waals surface area contributed by atoms with E-state index in [4.69, 9.17) is 11.6 Å². The van der Waals surface area contributed by atoms with Gasteiger partial charge in [-0.25, -0.2) is 8.42 Å². The smallest absolute Gasteiger partial charge is 0.244 e. The van der Waals surface area contributed by atoms with Crippen molar-refractivity contribution in [2.45, 2.75) is 30.6 Å². The highest BCUT2D eigenvalue weighted by Gasteiger charge is 2.59. The number of amides is 1. The molecule has 1 saturated heterocycles. The Morgan fingerprint density at radius 3 is 2.41 bits per heavy atom. The minimum Gasteiger partial charge on any atom is -0.356 e. The molecule has 7 heteroatoms. The average Bonchev–Trinajstić information content (AvgIpc) is 3.42. The molecule has 4 rings (SSSR count). The van der Waals surface area contributed by atoms with Crippen molar-refractivity contribution in [3.05, 3.63) is 65.2 Å². The van der Waals surface area contributed by atoms with E-state index in [0.717, 1.165) is 12.8 Å². The summed E-state index contributed by atoms with van der Waals surface area (Å²) in [5.74, 6) is 0.104. The molecule has 2 fully saturated rings. The summed E-state index contributed by atoms with van der Waals surface area (Å²) in [6.45, 7) is 1.49. The van der Waals surface area contributed by atoms with Crippen molar-refractivity contribution in [2.24, 2.45) is 11.3 Å². The monoisotopic (exact) mass is 432 g/mol. The molecular formula is C22H25ClN2O3S. The van der Waals surface area contributed by atoms with Gasteiger partial charge in [0.15, 0.2) is 0 Å². The van der Waals surface area contributed by atoms with Crippen LogP contribution in [0.25, 0.3) is 0 Å². The van der Waals surface area contributed by atoms with Crippen molar-refractivity contribution in [2.75, 3.05) is 19.6 Å². The lowest BCUT2D eigenvalue weighted by Crippen LogP contribution is -2.40. The minimum absolute atomic E-state index is 0.00319. The molecule has 1 heterocycles. The highest BCUT2D eigenvalue weighted by molar-refractivity contribution is 7.89. The van der Waals surface area contributed by atoms with Gasteiger partial charge in [0, 0.05) is 25.6 Å². The van der Waals surface area contributed by atoms with Crippen molar-refractivity contribution in [3.63, 3.8) is 0 Å². The van der Waals surface area contributed by atoms with Crippen LogP contribution in [0.2, 0.25) is 5.02 Å². The molecule has 1 amide bonds. The van der Waals surface area contributed by atoms with Gasteiger partial charge in [-0.05, 0) is 48.8 Å². The van der Waals surface area contributed by atoms with Crippen LogP contribution < -0.4 is 5.32 Å². The first kappa shape index (κ1) is 20.4. The molecule has 1 aliphatic carbocycles. The maximum Gasteiger partial charge on any atom is 0.244 e. The number of piperidine rings is 1. The number of nitrogens with one attached hydrogen (secondary N) is 1. The third-order valence-electron chi connectivity index (χ3n) is 6.23. The van der Waals surface area contributed by atoms with Gasteiger partial charge >= 0.3 is 0 Å². The number of rotatable bonds is 6. The molecule has 1 N–H and O–H groups in total. The lowest BCUT2D eigenvalue weighted by Gasteiger charge is -2.32. The Bertz CT molecular complexity index is 986. The number of sulfonamides is 1.